The van der Waals surface area contributed by atoms with Gasteiger partial charge in [-0.15, -0.1) is 0 Å². The Bertz CT molecular complexity index is 261. The Kier molecular flexibility index (Phi) is 5.48. The lowest BCUT2D eigenvalue weighted by atomic mass is 9.79. The molecule has 104 valence electrons. The first-order chi connectivity index (χ1) is 8.81. The van der Waals surface area contributed by atoms with Gasteiger partial charge in [0.05, 0.1) is 0 Å². The molecule has 3 heteroatoms. The van der Waals surface area contributed by atoms with Gasteiger partial charge in [0, 0.05) is 19.1 Å². The van der Waals surface area contributed by atoms with E-state index in [1.54, 1.807) is 0 Å². The predicted molar refractivity (Wildman–Crippen MR) is 72.1 cm³/mol. The smallest absolute Gasteiger partial charge is 0.223 e. The van der Waals surface area contributed by atoms with E-state index >= 15 is 0 Å². The number of hydrogen-bond acceptors (Lipinski definition) is 2. The second kappa shape index (κ2) is 7.13. The summed E-state index contributed by atoms with van der Waals surface area (Å²) in [4.78, 5) is 12.1. The van der Waals surface area contributed by atoms with E-state index in [-0.39, 0.29) is 18.4 Å². The summed E-state index contributed by atoms with van der Waals surface area (Å²) < 4.78 is 0. The van der Waals surface area contributed by atoms with E-state index in [0.717, 1.165) is 32.2 Å². The van der Waals surface area contributed by atoms with Crippen LogP contribution in [-0.4, -0.2) is 24.2 Å². The summed E-state index contributed by atoms with van der Waals surface area (Å²) in [5, 5.41) is 12.5. The molecule has 0 aromatic heterocycles. The van der Waals surface area contributed by atoms with Gasteiger partial charge >= 0.3 is 0 Å². The Morgan fingerprint density at radius 1 is 0.944 bits per heavy atom. The Hall–Kier alpha value is -0.570. The Morgan fingerprint density at radius 3 is 2.22 bits per heavy atom. The van der Waals surface area contributed by atoms with Gasteiger partial charge in [0.1, 0.15) is 0 Å². The fourth-order valence-corrected chi connectivity index (χ4v) is 3.53. The van der Waals surface area contributed by atoms with Crippen LogP contribution in [0.5, 0.6) is 0 Å². The first kappa shape index (κ1) is 13.9. The van der Waals surface area contributed by atoms with E-state index in [2.05, 4.69) is 5.32 Å². The maximum absolute atomic E-state index is 12.1. The highest BCUT2D eigenvalue weighted by atomic mass is 16.3. The van der Waals surface area contributed by atoms with Gasteiger partial charge in [-0.25, -0.2) is 0 Å². The number of aliphatic hydroxyl groups excluding tert-OH is 1. The lowest BCUT2D eigenvalue weighted by Crippen LogP contribution is -2.38. The van der Waals surface area contributed by atoms with Crippen LogP contribution in [0, 0.1) is 17.8 Å². The average Bonchev–Trinajstić information content (AvgIpc) is 2.46. The quantitative estimate of drug-likeness (QED) is 0.808. The zero-order chi connectivity index (χ0) is 12.8. The molecule has 1 amide bonds. The lowest BCUT2D eigenvalue weighted by molar-refractivity contribution is -0.126. The SMILES string of the molecule is O=C(NCC1CCCCC1CO)C1CCCCC1. The summed E-state index contributed by atoms with van der Waals surface area (Å²) in [6.45, 7) is 1.06. The molecule has 0 aromatic rings. The first-order valence-electron chi connectivity index (χ1n) is 7.70. The molecular weight excluding hydrogens is 226 g/mol. The van der Waals surface area contributed by atoms with Crippen molar-refractivity contribution < 1.29 is 9.90 Å². The fourth-order valence-electron chi connectivity index (χ4n) is 3.53. The van der Waals surface area contributed by atoms with Crippen LogP contribution in [0.4, 0.5) is 0 Å². The van der Waals surface area contributed by atoms with Crippen molar-refractivity contribution in [2.45, 2.75) is 57.8 Å². The van der Waals surface area contributed by atoms with Crippen molar-refractivity contribution in [2.24, 2.45) is 17.8 Å². The molecule has 2 aliphatic rings. The summed E-state index contributed by atoms with van der Waals surface area (Å²) >= 11 is 0. The third-order valence-electron chi connectivity index (χ3n) is 4.82. The molecule has 0 aromatic carbocycles. The fraction of sp³-hybridized carbons (Fsp3) is 0.933. The molecule has 0 bridgehead atoms. The molecule has 18 heavy (non-hydrogen) atoms. The van der Waals surface area contributed by atoms with E-state index in [0.29, 0.717) is 11.8 Å². The van der Waals surface area contributed by atoms with E-state index < -0.39 is 0 Å². The molecule has 0 heterocycles. The van der Waals surface area contributed by atoms with E-state index in [4.69, 9.17) is 0 Å². The zero-order valence-electron chi connectivity index (χ0n) is 11.4. The largest absolute Gasteiger partial charge is 0.396 e. The standard InChI is InChI=1S/C15H27NO2/c17-11-14-9-5-4-8-13(14)10-16-15(18)12-6-2-1-3-7-12/h12-14,17H,1-11H2,(H,16,18). The highest BCUT2D eigenvalue weighted by Gasteiger charge is 2.26. The van der Waals surface area contributed by atoms with Crippen molar-refractivity contribution in [3.05, 3.63) is 0 Å². The molecule has 2 N–H and O–H groups in total. The second-order valence-electron chi connectivity index (χ2n) is 6.07. The van der Waals surface area contributed by atoms with Crippen LogP contribution < -0.4 is 5.32 Å². The van der Waals surface area contributed by atoms with Gasteiger partial charge in [-0.3, -0.25) is 4.79 Å². The average molecular weight is 253 g/mol. The van der Waals surface area contributed by atoms with Gasteiger partial charge in [0.25, 0.3) is 0 Å². The van der Waals surface area contributed by atoms with E-state index in [1.165, 1.54) is 32.1 Å². The summed E-state index contributed by atoms with van der Waals surface area (Å²) in [6, 6.07) is 0. The van der Waals surface area contributed by atoms with E-state index in [9.17, 15) is 9.90 Å². The molecule has 2 aliphatic carbocycles. The molecule has 0 saturated heterocycles. The third kappa shape index (κ3) is 3.71. The molecule has 2 atom stereocenters. The highest BCUT2D eigenvalue weighted by molar-refractivity contribution is 5.78. The highest BCUT2D eigenvalue weighted by Crippen LogP contribution is 2.29. The number of aliphatic hydroxyl groups is 1. The van der Waals surface area contributed by atoms with Gasteiger partial charge in [-0.05, 0) is 37.5 Å². The van der Waals surface area contributed by atoms with Crippen LogP contribution in [0.15, 0.2) is 0 Å². The monoisotopic (exact) mass is 253 g/mol. The molecule has 2 saturated carbocycles. The van der Waals surface area contributed by atoms with Crippen LogP contribution >= 0.6 is 0 Å². The minimum Gasteiger partial charge on any atom is -0.396 e. The second-order valence-corrected chi connectivity index (χ2v) is 6.07. The van der Waals surface area contributed by atoms with Crippen LogP contribution in [0.1, 0.15) is 57.8 Å². The summed E-state index contributed by atoms with van der Waals surface area (Å²) in [6.07, 6.45) is 10.6. The number of amides is 1. The van der Waals surface area contributed by atoms with Crippen LogP contribution in [0.3, 0.4) is 0 Å². The molecular formula is C15H27NO2. The van der Waals surface area contributed by atoms with Crippen LogP contribution in [-0.2, 0) is 4.79 Å². The Labute approximate surface area is 110 Å². The van der Waals surface area contributed by atoms with Crippen molar-refractivity contribution >= 4 is 5.91 Å². The zero-order valence-corrected chi connectivity index (χ0v) is 11.4. The first-order valence-corrected chi connectivity index (χ1v) is 7.70. The predicted octanol–water partition coefficient (Wildman–Crippen LogP) is 2.48. The maximum atomic E-state index is 12.1. The van der Waals surface area contributed by atoms with Crippen molar-refractivity contribution in [1.29, 1.82) is 0 Å². The number of hydrogen-bond donors (Lipinski definition) is 2. The van der Waals surface area contributed by atoms with Gasteiger partial charge in [0.15, 0.2) is 0 Å². The van der Waals surface area contributed by atoms with Crippen molar-refractivity contribution in [3.63, 3.8) is 0 Å². The van der Waals surface area contributed by atoms with Crippen LogP contribution in [0.2, 0.25) is 0 Å². The molecule has 0 aliphatic heterocycles. The Balaban J connectivity index is 1.73. The van der Waals surface area contributed by atoms with Gasteiger partial charge in [0.2, 0.25) is 5.91 Å². The number of carbonyl (C=O) groups is 1. The van der Waals surface area contributed by atoms with Gasteiger partial charge in [-0.1, -0.05) is 32.1 Å². The third-order valence-corrected chi connectivity index (χ3v) is 4.82. The van der Waals surface area contributed by atoms with Crippen molar-refractivity contribution in [1.82, 2.24) is 5.32 Å². The van der Waals surface area contributed by atoms with Gasteiger partial charge in [-0.2, -0.15) is 0 Å². The minimum absolute atomic E-state index is 0.259. The number of rotatable bonds is 4. The molecule has 2 fully saturated rings. The van der Waals surface area contributed by atoms with Gasteiger partial charge < -0.3 is 10.4 Å². The molecule has 2 rings (SSSR count). The maximum Gasteiger partial charge on any atom is 0.223 e. The molecule has 0 radical (unpaired) electrons. The summed E-state index contributed by atoms with van der Waals surface area (Å²) in [5.41, 5.74) is 0. The van der Waals surface area contributed by atoms with Crippen LogP contribution in [0.25, 0.3) is 0 Å². The lowest BCUT2D eigenvalue weighted by Gasteiger charge is -2.31. The Morgan fingerprint density at radius 2 is 1.56 bits per heavy atom. The van der Waals surface area contributed by atoms with E-state index in [1.807, 2.05) is 0 Å². The normalized spacial score (nSPS) is 30.1. The van der Waals surface area contributed by atoms with Crippen molar-refractivity contribution in [2.75, 3.05) is 13.2 Å². The minimum atomic E-state index is 0.259. The topological polar surface area (TPSA) is 49.3 Å². The number of carbonyl (C=O) groups excluding carboxylic acids is 1. The molecule has 2 unspecified atom stereocenters. The molecule has 3 nitrogen and oxygen atoms in total. The number of nitrogens with one attached hydrogen (secondary N) is 1. The summed E-state index contributed by atoms with van der Waals surface area (Å²) in [7, 11) is 0. The summed E-state index contributed by atoms with van der Waals surface area (Å²) in [5.74, 6) is 1.42. The molecule has 0 spiro atoms. The van der Waals surface area contributed by atoms with Crippen molar-refractivity contribution in [3.8, 4) is 0 Å².